The molecule has 0 spiro atoms. The molecule has 0 aliphatic carbocycles. The molecule has 0 radical (unpaired) electrons. The van der Waals surface area contributed by atoms with Gasteiger partial charge in [-0.3, -0.25) is 4.79 Å². The van der Waals surface area contributed by atoms with E-state index in [9.17, 15) is 13.2 Å². The van der Waals surface area contributed by atoms with Crippen LogP contribution in [0.2, 0.25) is 0 Å². The lowest BCUT2D eigenvalue weighted by Crippen LogP contribution is -2.32. The Hall–Kier alpha value is -1.45. The molecule has 1 saturated heterocycles. The average Bonchev–Trinajstić information content (AvgIpc) is 2.96. The summed E-state index contributed by atoms with van der Waals surface area (Å²) in [5.74, 6) is -0.137. The third kappa shape index (κ3) is 5.30. The Morgan fingerprint density at radius 3 is 2.41 bits per heavy atom. The van der Waals surface area contributed by atoms with Crippen LogP contribution in [0.25, 0.3) is 0 Å². The molecule has 144 valence electrons. The van der Waals surface area contributed by atoms with Crippen molar-refractivity contribution in [2.24, 2.45) is 0 Å². The molecule has 0 bridgehead atoms. The summed E-state index contributed by atoms with van der Waals surface area (Å²) < 4.78 is 28.5. The Kier molecular flexibility index (Phi) is 6.88. The number of ketones is 1. The second kappa shape index (κ2) is 9.16. The summed E-state index contributed by atoms with van der Waals surface area (Å²) in [6.07, 6.45) is 3.90. The summed E-state index contributed by atoms with van der Waals surface area (Å²) in [4.78, 5) is 12.7. The average molecular weight is 498 g/mol. The van der Waals surface area contributed by atoms with Gasteiger partial charge < -0.3 is 5.32 Å². The number of hydrogen-bond acceptors (Lipinski definition) is 4. The summed E-state index contributed by atoms with van der Waals surface area (Å²) in [6, 6.07) is 14.1. The van der Waals surface area contributed by atoms with E-state index in [1.165, 1.54) is 6.07 Å². The number of carbonyl (C=O) groups is 1. The first-order valence-electron chi connectivity index (χ1n) is 9.10. The first-order chi connectivity index (χ1) is 13.0. The van der Waals surface area contributed by atoms with Crippen molar-refractivity contribution >= 4 is 44.1 Å². The number of anilines is 1. The van der Waals surface area contributed by atoms with Crippen molar-refractivity contribution in [2.75, 3.05) is 25.0 Å². The molecule has 3 rings (SSSR count). The molecule has 27 heavy (non-hydrogen) atoms. The fourth-order valence-electron chi connectivity index (χ4n) is 3.14. The molecule has 0 amide bonds. The Morgan fingerprint density at radius 1 is 1.00 bits per heavy atom. The van der Waals surface area contributed by atoms with Crippen molar-refractivity contribution in [2.45, 2.75) is 30.6 Å². The highest BCUT2D eigenvalue weighted by atomic mass is 127. The number of Topliss-reactive ketones (excluding diaryl/α,β-unsaturated/α-hetero) is 1. The lowest BCUT2D eigenvalue weighted by Gasteiger charge is -2.20. The number of benzene rings is 2. The van der Waals surface area contributed by atoms with E-state index < -0.39 is 10.0 Å². The zero-order valence-corrected chi connectivity index (χ0v) is 18.0. The van der Waals surface area contributed by atoms with Crippen LogP contribution in [0.15, 0.2) is 53.4 Å². The zero-order chi connectivity index (χ0) is 19.3. The summed E-state index contributed by atoms with van der Waals surface area (Å²) in [7, 11) is -3.55. The van der Waals surface area contributed by atoms with Gasteiger partial charge in [0.05, 0.1) is 11.4 Å². The predicted octanol–water partition coefficient (Wildman–Crippen LogP) is 4.15. The minimum atomic E-state index is -3.55. The van der Waals surface area contributed by atoms with Gasteiger partial charge in [0.25, 0.3) is 0 Å². The normalized spacial score (nSPS) is 15.9. The highest BCUT2D eigenvalue weighted by molar-refractivity contribution is 14.1. The third-order valence-electron chi connectivity index (χ3n) is 4.64. The lowest BCUT2D eigenvalue weighted by atomic mass is 10.1. The molecule has 2 aromatic rings. The Bertz CT molecular complexity index is 907. The van der Waals surface area contributed by atoms with Crippen LogP contribution in [0.5, 0.6) is 0 Å². The molecule has 2 aromatic carbocycles. The highest BCUT2D eigenvalue weighted by Crippen LogP contribution is 2.21. The van der Waals surface area contributed by atoms with Gasteiger partial charge in [0, 0.05) is 27.9 Å². The number of halogens is 1. The number of rotatable bonds is 6. The van der Waals surface area contributed by atoms with Crippen LogP contribution in [0, 0.1) is 3.57 Å². The second-order valence-corrected chi connectivity index (χ2v) is 9.82. The standard InChI is InChI=1S/C20H23IN2O3S/c21-17-8-6-9-18(14-17)22-15-20(24)16-7-5-10-19(13-16)27(25,26)23-11-3-1-2-4-12-23/h5-10,13-14,22H,1-4,11-12,15H2. The molecule has 1 aliphatic heterocycles. The van der Waals surface area contributed by atoms with E-state index in [1.807, 2.05) is 24.3 Å². The molecule has 5 nitrogen and oxygen atoms in total. The van der Waals surface area contributed by atoms with Crippen LogP contribution >= 0.6 is 22.6 Å². The van der Waals surface area contributed by atoms with Crippen LogP contribution in [0.3, 0.4) is 0 Å². The van der Waals surface area contributed by atoms with Gasteiger partial charge in [-0.05, 0) is 65.8 Å². The van der Waals surface area contributed by atoms with Crippen molar-refractivity contribution in [3.63, 3.8) is 0 Å². The van der Waals surface area contributed by atoms with Gasteiger partial charge >= 0.3 is 0 Å². The minimum absolute atomic E-state index is 0.118. The van der Waals surface area contributed by atoms with Gasteiger partial charge in [0.1, 0.15) is 0 Å². The Morgan fingerprint density at radius 2 is 1.70 bits per heavy atom. The lowest BCUT2D eigenvalue weighted by molar-refractivity contribution is 0.101. The van der Waals surface area contributed by atoms with E-state index in [0.717, 1.165) is 34.9 Å². The fraction of sp³-hybridized carbons (Fsp3) is 0.350. The molecule has 1 fully saturated rings. The van der Waals surface area contributed by atoms with Crippen molar-refractivity contribution in [3.8, 4) is 0 Å². The van der Waals surface area contributed by atoms with Crippen molar-refractivity contribution in [1.29, 1.82) is 0 Å². The first-order valence-corrected chi connectivity index (χ1v) is 11.6. The van der Waals surface area contributed by atoms with Gasteiger partial charge in [0.15, 0.2) is 5.78 Å². The van der Waals surface area contributed by atoms with E-state index in [1.54, 1.807) is 22.5 Å². The van der Waals surface area contributed by atoms with Crippen molar-refractivity contribution in [1.82, 2.24) is 4.31 Å². The van der Waals surface area contributed by atoms with E-state index in [4.69, 9.17) is 0 Å². The topological polar surface area (TPSA) is 66.5 Å². The third-order valence-corrected chi connectivity index (χ3v) is 7.20. The highest BCUT2D eigenvalue weighted by Gasteiger charge is 2.25. The van der Waals surface area contributed by atoms with Crippen LogP contribution in [0.1, 0.15) is 36.0 Å². The fourth-order valence-corrected chi connectivity index (χ4v) is 5.25. The number of sulfonamides is 1. The maximum absolute atomic E-state index is 12.9. The van der Waals surface area contributed by atoms with Crippen LogP contribution in [-0.2, 0) is 10.0 Å². The van der Waals surface area contributed by atoms with Crippen molar-refractivity contribution in [3.05, 3.63) is 57.7 Å². The SMILES string of the molecule is O=C(CNc1cccc(I)c1)c1cccc(S(=O)(=O)N2CCCCCC2)c1. The summed E-state index contributed by atoms with van der Waals surface area (Å²) in [5, 5.41) is 3.10. The number of nitrogens with one attached hydrogen (secondary N) is 1. The van der Waals surface area contributed by atoms with Gasteiger partial charge in [-0.2, -0.15) is 4.31 Å². The molecule has 7 heteroatoms. The molecule has 1 aliphatic rings. The Balaban J connectivity index is 1.73. The monoisotopic (exact) mass is 498 g/mol. The van der Waals surface area contributed by atoms with Crippen LogP contribution < -0.4 is 5.32 Å². The molecular formula is C20H23IN2O3S. The van der Waals surface area contributed by atoms with E-state index in [2.05, 4.69) is 27.9 Å². The first kappa shape index (κ1) is 20.3. The van der Waals surface area contributed by atoms with Gasteiger partial charge in [-0.1, -0.05) is 31.0 Å². The van der Waals surface area contributed by atoms with Gasteiger partial charge in [0.2, 0.25) is 10.0 Å². The number of nitrogens with zero attached hydrogens (tertiary/aromatic N) is 1. The molecule has 0 saturated carbocycles. The summed E-state index contributed by atoms with van der Waals surface area (Å²) in [6.45, 7) is 1.22. The van der Waals surface area contributed by atoms with E-state index in [0.29, 0.717) is 18.7 Å². The molecule has 0 unspecified atom stereocenters. The van der Waals surface area contributed by atoms with E-state index >= 15 is 0 Å². The van der Waals surface area contributed by atoms with Crippen LogP contribution in [0.4, 0.5) is 5.69 Å². The molecule has 1 N–H and O–H groups in total. The molecule has 0 atom stereocenters. The Labute approximate surface area is 174 Å². The summed E-state index contributed by atoms with van der Waals surface area (Å²) in [5.41, 5.74) is 1.27. The van der Waals surface area contributed by atoms with Gasteiger partial charge in [-0.15, -0.1) is 0 Å². The predicted molar refractivity (Wildman–Crippen MR) is 116 cm³/mol. The largest absolute Gasteiger partial charge is 0.378 e. The maximum Gasteiger partial charge on any atom is 0.243 e. The van der Waals surface area contributed by atoms with Crippen molar-refractivity contribution < 1.29 is 13.2 Å². The molecular weight excluding hydrogens is 475 g/mol. The van der Waals surface area contributed by atoms with E-state index in [-0.39, 0.29) is 17.2 Å². The van der Waals surface area contributed by atoms with Gasteiger partial charge in [-0.25, -0.2) is 8.42 Å². The molecule has 1 heterocycles. The second-order valence-electron chi connectivity index (χ2n) is 6.63. The maximum atomic E-state index is 12.9. The summed E-state index contributed by atoms with van der Waals surface area (Å²) >= 11 is 2.21. The quantitative estimate of drug-likeness (QED) is 0.480. The number of carbonyl (C=O) groups excluding carboxylic acids is 1. The number of hydrogen-bond donors (Lipinski definition) is 1. The molecule has 0 aromatic heterocycles. The minimum Gasteiger partial charge on any atom is -0.378 e. The smallest absolute Gasteiger partial charge is 0.243 e. The van der Waals surface area contributed by atoms with Crippen LogP contribution in [-0.4, -0.2) is 38.1 Å². The zero-order valence-electron chi connectivity index (χ0n) is 15.0.